The lowest BCUT2D eigenvalue weighted by atomic mass is 10.0. The molecule has 0 aromatic carbocycles. The summed E-state index contributed by atoms with van der Waals surface area (Å²) < 4.78 is 23.6. The molecule has 1 amide bonds. The Hall–Kier alpha value is -1.80. The first-order chi connectivity index (χ1) is 43.0. The molecule has 0 heterocycles. The van der Waals surface area contributed by atoms with Crippen LogP contribution in [0.2, 0.25) is 0 Å². The average Bonchev–Trinajstić information content (AvgIpc) is 3.70. The number of carbonyl (C=O) groups is 1. The van der Waals surface area contributed by atoms with Gasteiger partial charge in [0.2, 0.25) is 5.91 Å². The molecule has 0 rings (SSSR count). The molecule has 9 heteroatoms. The molecule has 0 aromatic heterocycles. The Morgan fingerprint density at radius 1 is 0.409 bits per heavy atom. The molecule has 0 aliphatic rings. The van der Waals surface area contributed by atoms with Gasteiger partial charge in [0.1, 0.15) is 13.2 Å². The van der Waals surface area contributed by atoms with Crippen LogP contribution in [0.5, 0.6) is 0 Å². The zero-order valence-corrected chi connectivity index (χ0v) is 60.3. The number of allylic oxidation sites excluding steroid dienone is 10. The van der Waals surface area contributed by atoms with Gasteiger partial charge < -0.3 is 28.8 Å². The van der Waals surface area contributed by atoms with Crippen molar-refractivity contribution in [1.29, 1.82) is 0 Å². The Morgan fingerprint density at radius 2 is 0.693 bits per heavy atom. The van der Waals surface area contributed by atoms with Gasteiger partial charge in [-0.3, -0.25) is 9.36 Å². The van der Waals surface area contributed by atoms with Gasteiger partial charge in [0.05, 0.1) is 39.9 Å². The van der Waals surface area contributed by atoms with E-state index in [1.807, 2.05) is 21.1 Å². The minimum absolute atomic E-state index is 0.0140. The number of hydrogen-bond acceptors (Lipinski definition) is 6. The zero-order chi connectivity index (χ0) is 64.1. The number of phosphoric acid groups is 1. The number of amides is 1. The van der Waals surface area contributed by atoms with Crippen molar-refractivity contribution in [3.05, 3.63) is 60.8 Å². The summed E-state index contributed by atoms with van der Waals surface area (Å²) in [6.45, 7) is 4.67. The van der Waals surface area contributed by atoms with E-state index in [0.29, 0.717) is 23.9 Å². The van der Waals surface area contributed by atoms with Gasteiger partial charge in [-0.1, -0.05) is 383 Å². The number of quaternary nitrogens is 1. The van der Waals surface area contributed by atoms with E-state index < -0.39 is 20.0 Å². The number of unbranched alkanes of at least 4 members (excludes halogenated alkanes) is 49. The molecular weight excluding hydrogens is 1100 g/mol. The quantitative estimate of drug-likeness (QED) is 0.0272. The summed E-state index contributed by atoms with van der Waals surface area (Å²) in [4.78, 5) is 25.7. The predicted molar refractivity (Wildman–Crippen MR) is 385 cm³/mol. The Bertz CT molecular complexity index is 1620. The lowest BCUT2D eigenvalue weighted by Crippen LogP contribution is -2.46. The van der Waals surface area contributed by atoms with E-state index in [1.54, 1.807) is 0 Å². The largest absolute Gasteiger partial charge is 0.756 e. The lowest BCUT2D eigenvalue weighted by molar-refractivity contribution is -0.870. The summed E-state index contributed by atoms with van der Waals surface area (Å²) in [5.74, 6) is -0.156. The van der Waals surface area contributed by atoms with Crippen molar-refractivity contribution < 1.29 is 32.9 Å². The molecule has 0 spiro atoms. The second-order valence-corrected chi connectivity index (χ2v) is 29.1. The zero-order valence-electron chi connectivity index (χ0n) is 59.4. The fourth-order valence-corrected chi connectivity index (χ4v) is 12.6. The van der Waals surface area contributed by atoms with E-state index in [1.165, 1.54) is 289 Å². The highest BCUT2D eigenvalue weighted by Crippen LogP contribution is 2.38. The molecule has 0 saturated carbocycles. The molecule has 0 aliphatic heterocycles. The van der Waals surface area contributed by atoms with Crippen LogP contribution in [0.4, 0.5) is 0 Å². The molecule has 518 valence electrons. The summed E-state index contributed by atoms with van der Waals surface area (Å²) >= 11 is 0. The number of aliphatic hydroxyl groups is 1. The molecule has 0 aromatic rings. The number of nitrogens with zero attached hydrogens (tertiary/aromatic N) is 1. The molecule has 0 fully saturated rings. The lowest BCUT2D eigenvalue weighted by Gasteiger charge is -2.30. The smallest absolute Gasteiger partial charge is 0.268 e. The highest BCUT2D eigenvalue weighted by atomic mass is 31.2. The maximum atomic E-state index is 13.1. The fourth-order valence-electron chi connectivity index (χ4n) is 11.8. The van der Waals surface area contributed by atoms with Gasteiger partial charge in [0.25, 0.3) is 7.82 Å². The van der Waals surface area contributed by atoms with E-state index in [4.69, 9.17) is 9.05 Å². The van der Waals surface area contributed by atoms with E-state index in [9.17, 15) is 19.4 Å². The first-order valence-corrected chi connectivity index (χ1v) is 40.1. The van der Waals surface area contributed by atoms with Crippen molar-refractivity contribution >= 4 is 13.7 Å². The first-order valence-electron chi connectivity index (χ1n) is 38.6. The van der Waals surface area contributed by atoms with Crippen molar-refractivity contribution in [1.82, 2.24) is 5.32 Å². The van der Waals surface area contributed by atoms with Crippen molar-refractivity contribution in [3.63, 3.8) is 0 Å². The van der Waals surface area contributed by atoms with Gasteiger partial charge in [0, 0.05) is 6.42 Å². The van der Waals surface area contributed by atoms with Crippen LogP contribution in [0.15, 0.2) is 60.8 Å². The first kappa shape index (κ1) is 86.2. The summed E-state index contributed by atoms with van der Waals surface area (Å²) in [7, 11) is 1.32. The summed E-state index contributed by atoms with van der Waals surface area (Å²) in [5, 5.41) is 14.1. The summed E-state index contributed by atoms with van der Waals surface area (Å²) in [6.07, 6.45) is 96.2. The maximum absolute atomic E-state index is 13.1. The highest BCUT2D eigenvalue weighted by molar-refractivity contribution is 7.45. The van der Waals surface area contributed by atoms with Gasteiger partial charge in [0.15, 0.2) is 0 Å². The minimum Gasteiger partial charge on any atom is -0.756 e. The number of hydrogen-bond donors (Lipinski definition) is 2. The molecule has 88 heavy (non-hydrogen) atoms. The van der Waals surface area contributed by atoms with Gasteiger partial charge in [-0.2, -0.15) is 0 Å². The fraction of sp³-hybridized carbons (Fsp3) is 0.861. The number of phosphoric ester groups is 1. The molecule has 3 atom stereocenters. The molecule has 0 bridgehead atoms. The van der Waals surface area contributed by atoms with Crippen molar-refractivity contribution in [3.8, 4) is 0 Å². The summed E-state index contributed by atoms with van der Waals surface area (Å²) in [5.41, 5.74) is 0. The van der Waals surface area contributed by atoms with Crippen molar-refractivity contribution in [2.45, 2.75) is 398 Å². The van der Waals surface area contributed by atoms with Gasteiger partial charge in [-0.15, -0.1) is 0 Å². The number of nitrogens with one attached hydrogen (secondary N) is 1. The SMILES string of the molecule is CC/C=C\C/C=C\C/C=C\C/C=C\C/C=C\CCCCCCCCCCCCCCCCCCCCCCCCCC(=O)NC(COP(=O)([O-])OCC[N+](C)(C)C)C(O)CCCCCCCCCCCCCCCCCCCCCCCCCCCCC. The minimum atomic E-state index is -4.58. The Morgan fingerprint density at radius 3 is 1.01 bits per heavy atom. The third-order valence-electron chi connectivity index (χ3n) is 17.8. The third-order valence-corrected chi connectivity index (χ3v) is 18.7. The van der Waals surface area contributed by atoms with Crippen LogP contribution < -0.4 is 10.2 Å². The van der Waals surface area contributed by atoms with Crippen LogP contribution in [0.25, 0.3) is 0 Å². The van der Waals surface area contributed by atoms with E-state index in [2.05, 4.69) is 79.9 Å². The normalized spacial score (nSPS) is 13.9. The van der Waals surface area contributed by atoms with Crippen LogP contribution >= 0.6 is 7.82 Å². The van der Waals surface area contributed by atoms with Crippen LogP contribution in [0.1, 0.15) is 386 Å². The number of likely N-dealkylation sites (N-methyl/N-ethyl adjacent to an activating group) is 1. The van der Waals surface area contributed by atoms with Gasteiger partial charge in [-0.05, 0) is 57.8 Å². The number of aliphatic hydroxyl groups excluding tert-OH is 1. The molecule has 0 radical (unpaired) electrons. The second-order valence-electron chi connectivity index (χ2n) is 27.7. The van der Waals surface area contributed by atoms with E-state index in [-0.39, 0.29) is 19.1 Å². The monoisotopic (exact) mass is 1260 g/mol. The van der Waals surface area contributed by atoms with Crippen LogP contribution in [-0.2, 0) is 18.4 Å². The number of rotatable bonds is 72. The molecule has 0 saturated heterocycles. The van der Waals surface area contributed by atoms with E-state index in [0.717, 1.165) is 70.6 Å². The predicted octanol–water partition coefficient (Wildman–Crippen LogP) is 24.5. The van der Waals surface area contributed by atoms with Crippen molar-refractivity contribution in [2.24, 2.45) is 0 Å². The van der Waals surface area contributed by atoms with Crippen LogP contribution in [-0.4, -0.2) is 68.5 Å². The van der Waals surface area contributed by atoms with Crippen molar-refractivity contribution in [2.75, 3.05) is 40.9 Å². The molecule has 2 N–H and O–H groups in total. The van der Waals surface area contributed by atoms with Crippen LogP contribution in [0, 0.1) is 0 Å². The maximum Gasteiger partial charge on any atom is 0.268 e. The van der Waals surface area contributed by atoms with Crippen LogP contribution in [0.3, 0.4) is 0 Å². The second kappa shape index (κ2) is 69.5. The molecule has 3 unspecified atom stereocenters. The Labute approximate surface area is 549 Å². The number of carbonyl (C=O) groups excluding carboxylic acids is 1. The Balaban J connectivity index is 3.92. The highest BCUT2D eigenvalue weighted by Gasteiger charge is 2.24. The van der Waals surface area contributed by atoms with Gasteiger partial charge in [-0.25, -0.2) is 0 Å². The molecule has 0 aliphatic carbocycles. The molecule has 8 nitrogen and oxygen atoms in total. The standard InChI is InChI=1S/C79H151N2O6P/c1-6-8-10-12-14-16-18-20-22-24-26-28-30-32-34-35-36-37-38-39-40-41-42-43-44-45-47-49-51-53-55-57-59-61-63-65-67-69-71-73-79(83)80-77(76-87-88(84,85)86-75-74-81(3,4)5)78(82)72-70-68-66-64-62-60-58-56-54-52-50-48-46-33-31-29-27-25-23-21-19-17-15-13-11-9-7-2/h8,10,14,16,20,22,26,28,32,34,77-78,82H,6-7,9,11-13,15,17-19,21,23-25,27,29-31,33,35-76H2,1-5H3,(H-,80,83,84,85)/b10-8-,16-14-,22-20-,28-26-,34-32-. The average molecular weight is 1260 g/mol. The Kier molecular flexibility index (Phi) is 68.1. The molecular formula is C79H151N2O6P. The topological polar surface area (TPSA) is 108 Å². The summed E-state index contributed by atoms with van der Waals surface area (Å²) in [6, 6.07) is -0.802. The van der Waals surface area contributed by atoms with E-state index >= 15 is 0 Å². The third kappa shape index (κ3) is 71.6. The van der Waals surface area contributed by atoms with Gasteiger partial charge >= 0.3 is 0 Å².